The van der Waals surface area contributed by atoms with E-state index in [9.17, 15) is 0 Å². The summed E-state index contributed by atoms with van der Waals surface area (Å²) in [5.74, 6) is 0.566. The van der Waals surface area contributed by atoms with E-state index in [0.717, 1.165) is 0 Å². The summed E-state index contributed by atoms with van der Waals surface area (Å²) in [6, 6.07) is 0. The van der Waals surface area contributed by atoms with Gasteiger partial charge in [-0.25, -0.2) is 0 Å². The van der Waals surface area contributed by atoms with Gasteiger partial charge in [0.2, 0.25) is 0 Å². The second kappa shape index (κ2) is 8.95. The highest BCUT2D eigenvalue weighted by Crippen LogP contribution is 1.77. The van der Waals surface area contributed by atoms with Crippen LogP contribution in [-0.4, -0.2) is 17.6 Å². The molecule has 0 saturated heterocycles. The van der Waals surface area contributed by atoms with Gasteiger partial charge in [0, 0.05) is 12.5 Å². The van der Waals surface area contributed by atoms with E-state index in [1.807, 2.05) is 0 Å². The number of hydrogen-bond donors (Lipinski definition) is 1. The maximum absolute atomic E-state index is 7.98. The molecule has 40 valence electrons. The SMILES string of the molecule is F.OCCCCl. The van der Waals surface area contributed by atoms with E-state index < -0.39 is 0 Å². The molecule has 0 unspecified atom stereocenters. The fraction of sp³-hybridized carbons (Fsp3) is 1.00. The molecule has 0 amide bonds. The summed E-state index contributed by atoms with van der Waals surface area (Å²) in [4.78, 5) is 0. The number of rotatable bonds is 2. The van der Waals surface area contributed by atoms with Gasteiger partial charge in [-0.1, -0.05) is 0 Å². The van der Waals surface area contributed by atoms with Crippen LogP contribution in [0.15, 0.2) is 0 Å². The van der Waals surface area contributed by atoms with E-state index in [0.29, 0.717) is 12.3 Å². The van der Waals surface area contributed by atoms with Crippen LogP contribution in [0.1, 0.15) is 6.42 Å². The van der Waals surface area contributed by atoms with Crippen LogP contribution in [0, 0.1) is 0 Å². The Labute approximate surface area is 41.3 Å². The lowest BCUT2D eigenvalue weighted by Gasteiger charge is -1.77. The van der Waals surface area contributed by atoms with E-state index in [2.05, 4.69) is 0 Å². The zero-order chi connectivity index (χ0) is 4.12. The quantitative estimate of drug-likeness (QED) is 0.526. The van der Waals surface area contributed by atoms with Crippen molar-refractivity contribution in [2.24, 2.45) is 0 Å². The number of hydrogen-bond acceptors (Lipinski definition) is 1. The molecule has 0 heterocycles. The van der Waals surface area contributed by atoms with Gasteiger partial charge >= 0.3 is 0 Å². The van der Waals surface area contributed by atoms with Crippen molar-refractivity contribution in [1.29, 1.82) is 0 Å². The predicted octanol–water partition coefficient (Wildman–Crippen LogP) is 0.760. The third kappa shape index (κ3) is 8.89. The molecule has 0 aliphatic carbocycles. The summed E-state index contributed by atoms with van der Waals surface area (Å²) >= 11 is 5.14. The third-order valence-electron chi connectivity index (χ3n) is 0.292. The fourth-order valence-corrected chi connectivity index (χ4v) is 0.179. The molecule has 0 saturated carbocycles. The second-order valence-electron chi connectivity index (χ2n) is 0.766. The summed E-state index contributed by atoms with van der Waals surface area (Å²) in [7, 11) is 0. The first-order valence-corrected chi connectivity index (χ1v) is 2.12. The third-order valence-corrected chi connectivity index (χ3v) is 0.559. The monoisotopic (exact) mass is 114 g/mol. The second-order valence-corrected chi connectivity index (χ2v) is 1.14. The Balaban J connectivity index is 0. The van der Waals surface area contributed by atoms with Crippen LogP contribution in [0.5, 0.6) is 0 Å². The average Bonchev–Trinajstić information content (AvgIpc) is 1.41. The number of aliphatic hydroxyl groups is 1. The molecule has 0 aromatic rings. The fourth-order valence-electron chi connectivity index (χ4n) is 0.0598. The van der Waals surface area contributed by atoms with Crippen LogP contribution in [0.2, 0.25) is 0 Å². The van der Waals surface area contributed by atoms with Crippen LogP contribution in [0.3, 0.4) is 0 Å². The molecule has 0 bridgehead atoms. The van der Waals surface area contributed by atoms with Gasteiger partial charge in [-0.3, -0.25) is 4.70 Å². The van der Waals surface area contributed by atoms with Crippen molar-refractivity contribution in [3.05, 3.63) is 0 Å². The van der Waals surface area contributed by atoms with E-state index in [1.54, 1.807) is 0 Å². The van der Waals surface area contributed by atoms with Crippen LogP contribution in [-0.2, 0) is 0 Å². The molecule has 0 aromatic carbocycles. The zero-order valence-corrected chi connectivity index (χ0v) is 4.11. The van der Waals surface area contributed by atoms with Gasteiger partial charge in [0.05, 0.1) is 0 Å². The molecule has 6 heavy (non-hydrogen) atoms. The predicted molar refractivity (Wildman–Crippen MR) is 24.9 cm³/mol. The molecule has 0 fully saturated rings. The summed E-state index contributed by atoms with van der Waals surface area (Å²) < 4.78 is 0. The van der Waals surface area contributed by atoms with Gasteiger partial charge in [0.25, 0.3) is 0 Å². The molecule has 0 aromatic heterocycles. The van der Waals surface area contributed by atoms with Gasteiger partial charge < -0.3 is 5.11 Å². The maximum atomic E-state index is 7.98. The van der Waals surface area contributed by atoms with Gasteiger partial charge in [0.15, 0.2) is 0 Å². The van der Waals surface area contributed by atoms with E-state index in [-0.39, 0.29) is 11.3 Å². The van der Waals surface area contributed by atoms with Crippen molar-refractivity contribution in [2.45, 2.75) is 6.42 Å². The maximum Gasteiger partial charge on any atom is 0.0442 e. The Morgan fingerprint density at radius 3 is 2.00 bits per heavy atom. The molecule has 0 spiro atoms. The van der Waals surface area contributed by atoms with Crippen molar-refractivity contribution in [3.63, 3.8) is 0 Å². The number of alkyl halides is 1. The van der Waals surface area contributed by atoms with Crippen molar-refractivity contribution in [3.8, 4) is 0 Å². The molecule has 0 rings (SSSR count). The molecular formula is C3H8ClFO. The van der Waals surface area contributed by atoms with Crippen LogP contribution >= 0.6 is 11.6 Å². The molecule has 0 atom stereocenters. The first-order valence-electron chi connectivity index (χ1n) is 1.58. The summed E-state index contributed by atoms with van der Waals surface area (Å²) in [6.07, 6.45) is 0.710. The van der Waals surface area contributed by atoms with E-state index in [1.165, 1.54) is 0 Å². The van der Waals surface area contributed by atoms with Crippen molar-refractivity contribution >= 4 is 11.6 Å². The Morgan fingerprint density at radius 1 is 1.50 bits per heavy atom. The molecule has 1 N–H and O–H groups in total. The Morgan fingerprint density at radius 2 is 2.00 bits per heavy atom. The zero-order valence-electron chi connectivity index (χ0n) is 3.35. The van der Waals surface area contributed by atoms with Gasteiger partial charge in [0.1, 0.15) is 0 Å². The topological polar surface area (TPSA) is 20.2 Å². The Hall–Kier alpha value is 0.180. The lowest BCUT2D eigenvalue weighted by atomic mass is 10.5. The standard InChI is InChI=1S/C3H7ClO.FH/c4-2-1-3-5;/h5H,1-3H2;1H. The highest BCUT2D eigenvalue weighted by atomic mass is 35.5. The average molecular weight is 115 g/mol. The minimum atomic E-state index is 0. The smallest absolute Gasteiger partial charge is 0.0442 e. The Bertz CT molecular complexity index is 18.3. The van der Waals surface area contributed by atoms with Crippen molar-refractivity contribution in [1.82, 2.24) is 0 Å². The normalized spacial score (nSPS) is 7.00. The van der Waals surface area contributed by atoms with Crippen LogP contribution < -0.4 is 0 Å². The minimum absolute atomic E-state index is 0. The number of halogens is 2. The van der Waals surface area contributed by atoms with E-state index >= 15 is 0 Å². The first-order chi connectivity index (χ1) is 2.41. The lowest BCUT2D eigenvalue weighted by molar-refractivity contribution is 0.296. The van der Waals surface area contributed by atoms with Crippen LogP contribution in [0.25, 0.3) is 0 Å². The van der Waals surface area contributed by atoms with Gasteiger partial charge in [-0.05, 0) is 6.42 Å². The summed E-state index contributed by atoms with van der Waals surface area (Å²) in [5, 5.41) is 7.98. The molecule has 1 nitrogen and oxygen atoms in total. The molecule has 0 aliphatic rings. The number of aliphatic hydroxyl groups excluding tert-OH is 1. The van der Waals surface area contributed by atoms with E-state index in [4.69, 9.17) is 16.7 Å². The van der Waals surface area contributed by atoms with Crippen LogP contribution in [0.4, 0.5) is 4.70 Å². The highest BCUT2D eigenvalue weighted by molar-refractivity contribution is 6.17. The lowest BCUT2D eigenvalue weighted by Crippen LogP contribution is -1.79. The van der Waals surface area contributed by atoms with Crippen molar-refractivity contribution < 1.29 is 9.81 Å². The highest BCUT2D eigenvalue weighted by Gasteiger charge is 1.71. The molecule has 3 heteroatoms. The van der Waals surface area contributed by atoms with Gasteiger partial charge in [-0.15, -0.1) is 11.6 Å². The van der Waals surface area contributed by atoms with Gasteiger partial charge in [-0.2, -0.15) is 0 Å². The Kier molecular flexibility index (Phi) is 14.2. The first kappa shape index (κ1) is 9.49. The molecule has 0 radical (unpaired) electrons. The summed E-state index contributed by atoms with van der Waals surface area (Å²) in [5.41, 5.74) is 0. The molecular weight excluding hydrogens is 106 g/mol. The molecule has 0 aliphatic heterocycles. The van der Waals surface area contributed by atoms with Crippen molar-refractivity contribution in [2.75, 3.05) is 12.5 Å². The largest absolute Gasteiger partial charge is 0.396 e. The summed E-state index contributed by atoms with van der Waals surface area (Å²) in [6.45, 7) is 0.212. The minimum Gasteiger partial charge on any atom is -0.396 e.